The highest BCUT2D eigenvalue weighted by molar-refractivity contribution is 5.24. The van der Waals surface area contributed by atoms with Gasteiger partial charge in [0.2, 0.25) is 0 Å². The minimum absolute atomic E-state index is 0.0914. The van der Waals surface area contributed by atoms with Crippen LogP contribution in [0.4, 0.5) is 4.39 Å². The number of halogens is 1. The molecule has 2 rings (SSSR count). The first-order valence-electron chi connectivity index (χ1n) is 7.18. The zero-order chi connectivity index (χ0) is 15.4. The Morgan fingerprint density at radius 3 is 2.33 bits per heavy atom. The van der Waals surface area contributed by atoms with Gasteiger partial charge in [0.25, 0.3) is 0 Å². The van der Waals surface area contributed by atoms with Crippen LogP contribution in [-0.2, 0) is 0 Å². The number of hydrogen-bond donors (Lipinski definition) is 1. The first-order valence-corrected chi connectivity index (χ1v) is 7.18. The lowest BCUT2D eigenvalue weighted by molar-refractivity contribution is 0.107. The number of aliphatic hydroxyl groups is 1. The Labute approximate surface area is 125 Å². The molecule has 3 heteroatoms. The van der Waals surface area contributed by atoms with Gasteiger partial charge in [-0.25, -0.2) is 4.39 Å². The van der Waals surface area contributed by atoms with Gasteiger partial charge in [0.15, 0.2) is 0 Å². The zero-order valence-electron chi connectivity index (χ0n) is 12.8. The van der Waals surface area contributed by atoms with E-state index in [4.69, 9.17) is 0 Å². The molecule has 0 saturated carbocycles. The fourth-order valence-corrected chi connectivity index (χ4v) is 2.38. The third-order valence-electron chi connectivity index (χ3n) is 3.94. The molecule has 0 bridgehead atoms. The fourth-order valence-electron chi connectivity index (χ4n) is 2.38. The van der Waals surface area contributed by atoms with Crippen molar-refractivity contribution in [2.45, 2.75) is 26.0 Å². The van der Waals surface area contributed by atoms with Crippen molar-refractivity contribution in [1.29, 1.82) is 0 Å². The Morgan fingerprint density at radius 2 is 1.71 bits per heavy atom. The van der Waals surface area contributed by atoms with E-state index >= 15 is 0 Å². The van der Waals surface area contributed by atoms with Crippen molar-refractivity contribution in [3.8, 4) is 0 Å². The van der Waals surface area contributed by atoms with Gasteiger partial charge < -0.3 is 5.11 Å². The molecule has 2 nitrogen and oxygen atoms in total. The summed E-state index contributed by atoms with van der Waals surface area (Å²) in [6.45, 7) is 4.42. The van der Waals surface area contributed by atoms with Gasteiger partial charge in [-0.05, 0) is 32.5 Å². The molecule has 2 aromatic carbocycles. The van der Waals surface area contributed by atoms with Crippen molar-refractivity contribution in [2.24, 2.45) is 0 Å². The summed E-state index contributed by atoms with van der Waals surface area (Å²) in [6.07, 6.45) is -0.579. The highest BCUT2D eigenvalue weighted by Crippen LogP contribution is 2.24. The lowest BCUT2D eigenvalue weighted by atomic mass is 10.0. The van der Waals surface area contributed by atoms with E-state index in [0.29, 0.717) is 12.1 Å². The minimum atomic E-state index is -0.579. The quantitative estimate of drug-likeness (QED) is 0.902. The Balaban J connectivity index is 2.05. The smallest absolute Gasteiger partial charge is 0.127 e. The van der Waals surface area contributed by atoms with E-state index in [1.807, 2.05) is 56.1 Å². The van der Waals surface area contributed by atoms with Gasteiger partial charge in [0.05, 0.1) is 6.10 Å². The van der Waals surface area contributed by atoms with Crippen LogP contribution in [-0.4, -0.2) is 23.6 Å². The maximum Gasteiger partial charge on any atom is 0.127 e. The number of rotatable bonds is 5. The van der Waals surface area contributed by atoms with E-state index in [0.717, 1.165) is 5.56 Å². The summed E-state index contributed by atoms with van der Waals surface area (Å²) in [6, 6.07) is 14.5. The van der Waals surface area contributed by atoms with Crippen LogP contribution in [0.3, 0.4) is 0 Å². The maximum atomic E-state index is 13.8. The molecule has 0 saturated heterocycles. The average molecular weight is 287 g/mol. The Kier molecular flexibility index (Phi) is 5.10. The highest BCUT2D eigenvalue weighted by Gasteiger charge is 2.18. The molecular formula is C18H22FNO. The standard InChI is InChI=1S/C18H22FNO/c1-13-8-10-15(11-9-13)18(21)12-20(3)14(2)16-6-4-5-7-17(16)19/h4-11,14,18,21H,12H2,1-3H3. The number of likely N-dealkylation sites (N-methyl/N-ethyl adjacent to an activating group) is 1. The summed E-state index contributed by atoms with van der Waals surface area (Å²) in [5.74, 6) is -0.207. The van der Waals surface area contributed by atoms with Gasteiger partial charge in [-0.15, -0.1) is 0 Å². The third kappa shape index (κ3) is 3.90. The lowest BCUT2D eigenvalue weighted by Crippen LogP contribution is -2.28. The monoisotopic (exact) mass is 287 g/mol. The predicted molar refractivity (Wildman–Crippen MR) is 83.6 cm³/mol. The van der Waals surface area contributed by atoms with E-state index < -0.39 is 6.10 Å². The lowest BCUT2D eigenvalue weighted by Gasteiger charge is -2.27. The summed E-state index contributed by atoms with van der Waals surface area (Å²) in [5.41, 5.74) is 2.70. The van der Waals surface area contributed by atoms with Crippen molar-refractivity contribution in [3.63, 3.8) is 0 Å². The predicted octanol–water partition coefficient (Wildman–Crippen LogP) is 3.86. The summed E-state index contributed by atoms with van der Waals surface area (Å²) in [4.78, 5) is 1.96. The third-order valence-corrected chi connectivity index (χ3v) is 3.94. The Morgan fingerprint density at radius 1 is 1.10 bits per heavy atom. The molecule has 0 amide bonds. The van der Waals surface area contributed by atoms with Gasteiger partial charge in [0.1, 0.15) is 5.82 Å². The number of aliphatic hydroxyl groups excluding tert-OH is 1. The van der Waals surface area contributed by atoms with Crippen molar-refractivity contribution in [1.82, 2.24) is 4.90 Å². The van der Waals surface area contributed by atoms with E-state index in [-0.39, 0.29) is 11.9 Å². The molecule has 0 spiro atoms. The minimum Gasteiger partial charge on any atom is -0.387 e. The summed E-state index contributed by atoms with van der Waals surface area (Å²) < 4.78 is 13.8. The van der Waals surface area contributed by atoms with Gasteiger partial charge in [-0.1, -0.05) is 48.0 Å². The van der Waals surface area contributed by atoms with Gasteiger partial charge in [-0.3, -0.25) is 4.90 Å². The van der Waals surface area contributed by atoms with Gasteiger partial charge in [0, 0.05) is 18.2 Å². The van der Waals surface area contributed by atoms with Crippen LogP contribution in [0.1, 0.15) is 35.8 Å². The molecule has 2 unspecified atom stereocenters. The molecule has 21 heavy (non-hydrogen) atoms. The van der Waals surface area contributed by atoms with Crippen LogP contribution < -0.4 is 0 Å². The van der Waals surface area contributed by atoms with Crippen LogP contribution >= 0.6 is 0 Å². The second-order valence-electron chi connectivity index (χ2n) is 5.56. The Hall–Kier alpha value is -1.71. The fraction of sp³-hybridized carbons (Fsp3) is 0.333. The summed E-state index contributed by atoms with van der Waals surface area (Å²) >= 11 is 0. The molecule has 1 N–H and O–H groups in total. The molecular weight excluding hydrogens is 265 g/mol. The molecule has 2 atom stereocenters. The van der Waals surface area contributed by atoms with Crippen LogP contribution in [0.2, 0.25) is 0 Å². The molecule has 2 aromatic rings. The van der Waals surface area contributed by atoms with E-state index in [1.54, 1.807) is 12.1 Å². The first-order chi connectivity index (χ1) is 9.99. The van der Waals surface area contributed by atoms with Crippen molar-refractivity contribution >= 4 is 0 Å². The number of aryl methyl sites for hydroxylation is 1. The highest BCUT2D eigenvalue weighted by atomic mass is 19.1. The maximum absolute atomic E-state index is 13.8. The second-order valence-corrected chi connectivity index (χ2v) is 5.56. The number of benzene rings is 2. The molecule has 0 radical (unpaired) electrons. The number of nitrogens with zero attached hydrogens (tertiary/aromatic N) is 1. The van der Waals surface area contributed by atoms with Crippen molar-refractivity contribution < 1.29 is 9.50 Å². The Bertz CT molecular complexity index is 582. The van der Waals surface area contributed by atoms with Crippen molar-refractivity contribution in [2.75, 3.05) is 13.6 Å². The normalized spacial score (nSPS) is 14.2. The second kappa shape index (κ2) is 6.83. The molecule has 0 aliphatic carbocycles. The molecule has 0 aliphatic heterocycles. The average Bonchev–Trinajstić information content (AvgIpc) is 2.47. The summed E-state index contributed by atoms with van der Waals surface area (Å²) in [7, 11) is 1.90. The van der Waals surface area contributed by atoms with E-state index in [1.165, 1.54) is 11.6 Å². The SMILES string of the molecule is Cc1ccc(C(O)CN(C)C(C)c2ccccc2F)cc1. The first kappa shape index (κ1) is 15.7. The van der Waals surface area contributed by atoms with E-state index in [9.17, 15) is 9.50 Å². The van der Waals surface area contributed by atoms with Crippen LogP contribution in [0.5, 0.6) is 0 Å². The largest absolute Gasteiger partial charge is 0.387 e. The number of hydrogen-bond acceptors (Lipinski definition) is 2. The molecule has 0 aromatic heterocycles. The van der Waals surface area contributed by atoms with Crippen LogP contribution in [0.25, 0.3) is 0 Å². The molecule has 112 valence electrons. The van der Waals surface area contributed by atoms with Crippen LogP contribution in [0, 0.1) is 12.7 Å². The topological polar surface area (TPSA) is 23.5 Å². The van der Waals surface area contributed by atoms with Crippen molar-refractivity contribution in [3.05, 3.63) is 71.0 Å². The zero-order valence-corrected chi connectivity index (χ0v) is 12.8. The van der Waals surface area contributed by atoms with E-state index in [2.05, 4.69) is 0 Å². The molecule has 0 fully saturated rings. The molecule has 0 aliphatic rings. The molecule has 0 heterocycles. The van der Waals surface area contributed by atoms with Gasteiger partial charge in [-0.2, -0.15) is 0 Å². The van der Waals surface area contributed by atoms with Crippen LogP contribution in [0.15, 0.2) is 48.5 Å². The van der Waals surface area contributed by atoms with Gasteiger partial charge >= 0.3 is 0 Å². The summed E-state index contributed by atoms with van der Waals surface area (Å²) in [5, 5.41) is 10.3.